The normalized spacial score (nSPS) is 20.8. The van der Waals surface area contributed by atoms with Gasteiger partial charge in [0.15, 0.2) is 0 Å². The topological polar surface area (TPSA) is 28.2 Å². The number of nitrogens with one attached hydrogen (secondary N) is 1. The first-order valence-corrected chi connectivity index (χ1v) is 6.89. The molecule has 1 fully saturated rings. The van der Waals surface area contributed by atoms with Crippen LogP contribution in [-0.4, -0.2) is 36.1 Å². The molecule has 2 rings (SSSR count). The number of hydrogen-bond donors (Lipinski definition) is 1. The van der Waals surface area contributed by atoms with Gasteiger partial charge < -0.3 is 10.2 Å². The van der Waals surface area contributed by atoms with Gasteiger partial charge >= 0.3 is 0 Å². The van der Waals surface area contributed by atoms with Crippen molar-refractivity contribution in [3.05, 3.63) is 16.1 Å². The molecule has 0 bridgehead atoms. The average Bonchev–Trinajstić information content (AvgIpc) is 2.83. The Morgan fingerprint density at radius 2 is 2.35 bits per heavy atom. The first kappa shape index (κ1) is 14.9. The molecular weight excluding hydrogens is 254 g/mol. The Kier molecular flexibility index (Phi) is 5.86. The second kappa shape index (κ2) is 6.69. The lowest BCUT2D eigenvalue weighted by Crippen LogP contribution is -2.31. The van der Waals surface area contributed by atoms with E-state index < -0.39 is 0 Å². The summed E-state index contributed by atoms with van der Waals surface area (Å²) in [5.41, 5.74) is 1.20. The first-order chi connectivity index (χ1) is 7.65. The Hall–Kier alpha value is -0.160. The van der Waals surface area contributed by atoms with E-state index in [9.17, 15) is 0 Å². The van der Waals surface area contributed by atoms with Gasteiger partial charge in [-0.05, 0) is 20.0 Å². The molecule has 0 amide bonds. The van der Waals surface area contributed by atoms with E-state index in [0.717, 1.165) is 6.54 Å². The minimum atomic E-state index is 0. The van der Waals surface area contributed by atoms with Crippen molar-refractivity contribution in [2.75, 3.05) is 20.1 Å². The predicted octanol–water partition coefficient (Wildman–Crippen LogP) is 2.48. The van der Waals surface area contributed by atoms with Crippen molar-refractivity contribution < 1.29 is 0 Å². The number of hydrogen-bond acceptors (Lipinski definition) is 4. The summed E-state index contributed by atoms with van der Waals surface area (Å²) in [5, 5.41) is 7.01. The number of likely N-dealkylation sites (tertiary alicyclic amines) is 1. The highest BCUT2D eigenvalue weighted by Gasteiger charge is 2.18. The van der Waals surface area contributed by atoms with Gasteiger partial charge in [0.1, 0.15) is 0 Å². The van der Waals surface area contributed by atoms with Crippen LogP contribution >= 0.6 is 23.7 Å². The fourth-order valence-corrected chi connectivity index (χ4v) is 2.85. The van der Waals surface area contributed by atoms with Crippen LogP contribution in [0.15, 0.2) is 5.38 Å². The third-order valence-corrected chi connectivity index (χ3v) is 4.22. The summed E-state index contributed by atoms with van der Waals surface area (Å²) in [7, 11) is 2.18. The fourth-order valence-electron chi connectivity index (χ4n) is 2.02. The van der Waals surface area contributed by atoms with Crippen molar-refractivity contribution >= 4 is 23.7 Å². The maximum Gasteiger partial charge on any atom is 0.0954 e. The van der Waals surface area contributed by atoms with E-state index in [4.69, 9.17) is 0 Å². The van der Waals surface area contributed by atoms with Crippen LogP contribution in [0.5, 0.6) is 0 Å². The molecule has 3 nitrogen and oxygen atoms in total. The zero-order valence-corrected chi connectivity index (χ0v) is 12.4. The number of nitrogens with zero attached hydrogens (tertiary/aromatic N) is 2. The van der Waals surface area contributed by atoms with Crippen LogP contribution in [0.3, 0.4) is 0 Å². The van der Waals surface area contributed by atoms with Crippen LogP contribution in [0, 0.1) is 0 Å². The second-order valence-electron chi connectivity index (χ2n) is 4.96. The molecule has 98 valence electrons. The van der Waals surface area contributed by atoms with Gasteiger partial charge in [-0.3, -0.25) is 0 Å². The smallest absolute Gasteiger partial charge is 0.0954 e. The molecule has 1 aromatic heterocycles. The van der Waals surface area contributed by atoms with Gasteiger partial charge in [0.25, 0.3) is 0 Å². The molecule has 5 heteroatoms. The molecule has 1 aromatic rings. The quantitative estimate of drug-likeness (QED) is 0.915. The Bertz CT molecular complexity index is 340. The molecule has 2 heterocycles. The van der Waals surface area contributed by atoms with Gasteiger partial charge in [-0.1, -0.05) is 13.8 Å². The van der Waals surface area contributed by atoms with E-state index in [1.807, 2.05) is 0 Å². The van der Waals surface area contributed by atoms with Crippen molar-refractivity contribution in [2.45, 2.75) is 38.8 Å². The van der Waals surface area contributed by atoms with Gasteiger partial charge in [0.2, 0.25) is 0 Å². The fraction of sp³-hybridized carbons (Fsp3) is 0.750. The second-order valence-corrected chi connectivity index (χ2v) is 5.85. The van der Waals surface area contributed by atoms with Gasteiger partial charge in [0, 0.05) is 30.4 Å². The van der Waals surface area contributed by atoms with Crippen LogP contribution in [-0.2, 0) is 6.54 Å². The molecule has 0 spiro atoms. The van der Waals surface area contributed by atoms with Crippen molar-refractivity contribution in [1.29, 1.82) is 0 Å². The third kappa shape index (κ3) is 4.21. The molecule has 0 aliphatic carbocycles. The summed E-state index contributed by atoms with van der Waals surface area (Å²) in [6.45, 7) is 7.69. The maximum atomic E-state index is 4.63. The predicted molar refractivity (Wildman–Crippen MR) is 76.2 cm³/mol. The maximum absolute atomic E-state index is 4.63. The summed E-state index contributed by atoms with van der Waals surface area (Å²) in [6, 6.07) is 0.647. The van der Waals surface area contributed by atoms with Crippen molar-refractivity contribution in [3.8, 4) is 0 Å². The number of thiazole rings is 1. The van der Waals surface area contributed by atoms with E-state index in [1.54, 1.807) is 11.3 Å². The minimum Gasteiger partial charge on any atom is -0.307 e. The summed E-state index contributed by atoms with van der Waals surface area (Å²) in [5.74, 6) is 0.552. The SMILES string of the molecule is CC(C)c1nc(CNC2CCN(C)C2)cs1.Cl. The highest BCUT2D eigenvalue weighted by molar-refractivity contribution is 7.09. The number of aromatic nitrogens is 1. The monoisotopic (exact) mass is 275 g/mol. The van der Waals surface area contributed by atoms with Crippen molar-refractivity contribution in [3.63, 3.8) is 0 Å². The molecule has 1 saturated heterocycles. The zero-order valence-electron chi connectivity index (χ0n) is 10.8. The first-order valence-electron chi connectivity index (χ1n) is 6.01. The van der Waals surface area contributed by atoms with E-state index >= 15 is 0 Å². The van der Waals surface area contributed by atoms with Crippen molar-refractivity contribution in [1.82, 2.24) is 15.2 Å². The third-order valence-electron chi connectivity index (χ3n) is 3.03. The van der Waals surface area contributed by atoms with Crippen LogP contribution < -0.4 is 5.32 Å². The molecule has 1 unspecified atom stereocenters. The van der Waals surface area contributed by atoms with Gasteiger partial charge in [-0.2, -0.15) is 0 Å². The van der Waals surface area contributed by atoms with Gasteiger partial charge in [-0.25, -0.2) is 4.98 Å². The number of rotatable bonds is 4. The van der Waals surface area contributed by atoms with Crippen molar-refractivity contribution in [2.24, 2.45) is 0 Å². The van der Waals surface area contributed by atoms with Crippen LogP contribution in [0.2, 0.25) is 0 Å². The lowest BCUT2D eigenvalue weighted by Gasteiger charge is -2.11. The van der Waals surface area contributed by atoms with Crippen LogP contribution in [0.25, 0.3) is 0 Å². The Labute approximate surface area is 114 Å². The highest BCUT2D eigenvalue weighted by Crippen LogP contribution is 2.19. The van der Waals surface area contributed by atoms with Crippen LogP contribution in [0.1, 0.15) is 36.9 Å². The summed E-state index contributed by atoms with van der Waals surface area (Å²) in [6.07, 6.45) is 1.26. The molecule has 17 heavy (non-hydrogen) atoms. The van der Waals surface area contributed by atoms with Gasteiger partial charge in [-0.15, -0.1) is 23.7 Å². The minimum absolute atomic E-state index is 0. The molecule has 1 atom stereocenters. The molecule has 1 aliphatic heterocycles. The Morgan fingerprint density at radius 1 is 1.59 bits per heavy atom. The van der Waals surface area contributed by atoms with E-state index in [2.05, 4.69) is 41.5 Å². The molecule has 0 saturated carbocycles. The molecule has 1 N–H and O–H groups in total. The standard InChI is InChI=1S/C12H21N3S.ClH/c1-9(2)12-14-11(8-16-12)6-13-10-4-5-15(3)7-10;/h8-10,13H,4-7H2,1-3H3;1H. The lowest BCUT2D eigenvalue weighted by atomic mass is 10.2. The largest absolute Gasteiger partial charge is 0.307 e. The summed E-state index contributed by atoms with van der Waals surface area (Å²) in [4.78, 5) is 7.01. The van der Waals surface area contributed by atoms with E-state index in [-0.39, 0.29) is 12.4 Å². The van der Waals surface area contributed by atoms with E-state index in [0.29, 0.717) is 12.0 Å². The number of halogens is 1. The molecule has 1 aliphatic rings. The summed E-state index contributed by atoms with van der Waals surface area (Å²) >= 11 is 1.78. The number of likely N-dealkylation sites (N-methyl/N-ethyl adjacent to an activating group) is 1. The summed E-state index contributed by atoms with van der Waals surface area (Å²) < 4.78 is 0. The molecule has 0 aromatic carbocycles. The Morgan fingerprint density at radius 3 is 2.88 bits per heavy atom. The van der Waals surface area contributed by atoms with E-state index in [1.165, 1.54) is 30.2 Å². The lowest BCUT2D eigenvalue weighted by molar-refractivity contribution is 0.397. The van der Waals surface area contributed by atoms with Gasteiger partial charge in [0.05, 0.1) is 10.7 Å². The molecular formula is C12H22ClN3S. The highest BCUT2D eigenvalue weighted by atomic mass is 35.5. The van der Waals surface area contributed by atoms with Crippen LogP contribution in [0.4, 0.5) is 0 Å². The molecule has 0 radical (unpaired) electrons. The Balaban J connectivity index is 0.00000144. The zero-order chi connectivity index (χ0) is 11.5. The average molecular weight is 276 g/mol.